The predicted molar refractivity (Wildman–Crippen MR) is 285 cm³/mol. The zero-order valence-electron chi connectivity index (χ0n) is 37.3. The van der Waals surface area contributed by atoms with Crippen molar-refractivity contribution in [1.29, 1.82) is 0 Å². The summed E-state index contributed by atoms with van der Waals surface area (Å²) in [7, 11) is 0. The average Bonchev–Trinajstić information content (AvgIpc) is 4.07. The lowest BCUT2D eigenvalue weighted by Gasteiger charge is -2.11. The van der Waals surface area contributed by atoms with Gasteiger partial charge >= 0.3 is 0 Å². The number of aromatic nitrogens is 6. The molecule has 0 saturated carbocycles. The summed E-state index contributed by atoms with van der Waals surface area (Å²) in [6, 6.07) is 86.4. The van der Waals surface area contributed by atoms with Crippen LogP contribution in [0.25, 0.3) is 128 Å². The van der Waals surface area contributed by atoms with Gasteiger partial charge in [0.1, 0.15) is 0 Å². The standard InChI is InChI=1S/C63H40N6/c1-5-19-41(20-6-1)61-64-62(42-21-7-2-8-22-42)66-63(65-61)69-55-37-35-43(47-29-17-33-57-59(47)49-27-13-15-31-53(49)67(57)45-23-9-3-10-24-45)39-51(55)52-40-44(36-38-56(52)69)48-30-18-34-58-60(48)50-28-14-16-32-54(50)68(58)46-25-11-4-12-26-46/h1-40H. The number of nitrogens with zero attached hydrogens (tertiary/aromatic N) is 6. The first-order chi connectivity index (χ1) is 34.2. The Bertz CT molecular complexity index is 4010. The molecule has 4 aromatic heterocycles. The van der Waals surface area contributed by atoms with E-state index in [9.17, 15) is 0 Å². The Morgan fingerprint density at radius 2 is 0.623 bits per heavy atom. The molecule has 0 saturated heterocycles. The number of benzene rings is 10. The summed E-state index contributed by atoms with van der Waals surface area (Å²) in [6.07, 6.45) is 0. The normalized spacial score (nSPS) is 11.8. The third kappa shape index (κ3) is 6.16. The van der Waals surface area contributed by atoms with Crippen molar-refractivity contribution in [1.82, 2.24) is 28.7 Å². The molecule has 14 aromatic rings. The van der Waals surface area contributed by atoms with E-state index in [4.69, 9.17) is 15.0 Å². The molecule has 0 fully saturated rings. The van der Waals surface area contributed by atoms with Crippen LogP contribution in [0.2, 0.25) is 0 Å². The Morgan fingerprint density at radius 1 is 0.246 bits per heavy atom. The molecule has 0 atom stereocenters. The maximum atomic E-state index is 5.28. The van der Waals surface area contributed by atoms with Crippen LogP contribution in [0.4, 0.5) is 0 Å². The fraction of sp³-hybridized carbons (Fsp3) is 0. The van der Waals surface area contributed by atoms with E-state index in [1.807, 2.05) is 36.4 Å². The first-order valence-corrected chi connectivity index (χ1v) is 23.4. The molecule has 6 heteroatoms. The molecular formula is C63H40N6. The minimum Gasteiger partial charge on any atom is -0.309 e. The first-order valence-electron chi connectivity index (χ1n) is 23.4. The average molecular weight is 881 g/mol. The summed E-state index contributed by atoms with van der Waals surface area (Å²) in [5, 5.41) is 7.09. The molecule has 0 unspecified atom stereocenters. The van der Waals surface area contributed by atoms with Crippen molar-refractivity contribution in [3.63, 3.8) is 0 Å². The largest absolute Gasteiger partial charge is 0.309 e. The number of fused-ring (bicyclic) bond motifs is 9. The lowest BCUT2D eigenvalue weighted by Crippen LogP contribution is -2.06. The van der Waals surface area contributed by atoms with Crippen LogP contribution in [0.5, 0.6) is 0 Å². The van der Waals surface area contributed by atoms with Crippen molar-refractivity contribution in [2.45, 2.75) is 0 Å². The molecule has 6 nitrogen and oxygen atoms in total. The molecule has 14 rings (SSSR count). The molecule has 0 amide bonds. The SMILES string of the molecule is c1ccc(-c2nc(-c3ccccc3)nc(-n3c4ccc(-c5cccc6c5c5ccccc5n6-c5ccccc5)cc4c4cc(-c5cccc6c5c5ccccc5n6-c5ccccc5)ccc43)n2)cc1. The van der Waals surface area contributed by atoms with Gasteiger partial charge in [-0.05, 0) is 95.1 Å². The topological polar surface area (TPSA) is 53.5 Å². The Morgan fingerprint density at radius 3 is 1.07 bits per heavy atom. The summed E-state index contributed by atoms with van der Waals surface area (Å²) in [6.45, 7) is 0. The molecule has 0 bridgehead atoms. The van der Waals surface area contributed by atoms with Gasteiger partial charge < -0.3 is 9.13 Å². The zero-order chi connectivity index (χ0) is 45.4. The lowest BCUT2D eigenvalue weighted by atomic mass is 9.96. The van der Waals surface area contributed by atoms with E-state index in [0.717, 1.165) is 55.4 Å². The van der Waals surface area contributed by atoms with Gasteiger partial charge in [-0.15, -0.1) is 0 Å². The van der Waals surface area contributed by atoms with E-state index in [1.165, 1.54) is 54.7 Å². The van der Waals surface area contributed by atoms with Crippen molar-refractivity contribution in [2.24, 2.45) is 0 Å². The van der Waals surface area contributed by atoms with Gasteiger partial charge in [0.15, 0.2) is 11.6 Å². The Balaban J connectivity index is 1.05. The van der Waals surface area contributed by atoms with E-state index in [1.54, 1.807) is 0 Å². The molecule has 0 radical (unpaired) electrons. The van der Waals surface area contributed by atoms with Crippen molar-refractivity contribution >= 4 is 65.4 Å². The van der Waals surface area contributed by atoms with Crippen LogP contribution in [0.1, 0.15) is 0 Å². The van der Waals surface area contributed by atoms with Crippen LogP contribution in [0.3, 0.4) is 0 Å². The van der Waals surface area contributed by atoms with Gasteiger partial charge in [0.05, 0.1) is 33.1 Å². The van der Waals surface area contributed by atoms with Crippen LogP contribution in [0.15, 0.2) is 243 Å². The van der Waals surface area contributed by atoms with Gasteiger partial charge in [-0.25, -0.2) is 4.98 Å². The Labute approximate surface area is 397 Å². The molecule has 0 aliphatic heterocycles. The fourth-order valence-electron chi connectivity index (χ4n) is 10.7. The van der Waals surface area contributed by atoms with Crippen LogP contribution in [0, 0.1) is 0 Å². The van der Waals surface area contributed by atoms with Crippen molar-refractivity contribution in [3.05, 3.63) is 243 Å². The third-order valence-electron chi connectivity index (χ3n) is 13.7. The molecule has 0 aliphatic carbocycles. The minimum absolute atomic E-state index is 0.560. The van der Waals surface area contributed by atoms with E-state index in [0.29, 0.717) is 17.6 Å². The number of rotatable bonds is 7. The van der Waals surface area contributed by atoms with Crippen molar-refractivity contribution < 1.29 is 0 Å². The smallest absolute Gasteiger partial charge is 0.238 e. The van der Waals surface area contributed by atoms with Crippen LogP contribution < -0.4 is 0 Å². The molecule has 322 valence electrons. The fourth-order valence-corrected chi connectivity index (χ4v) is 10.7. The highest BCUT2D eigenvalue weighted by atomic mass is 15.2. The highest BCUT2D eigenvalue weighted by Gasteiger charge is 2.22. The lowest BCUT2D eigenvalue weighted by molar-refractivity contribution is 0.953. The maximum Gasteiger partial charge on any atom is 0.238 e. The summed E-state index contributed by atoms with van der Waals surface area (Å²) < 4.78 is 6.99. The number of hydrogen-bond donors (Lipinski definition) is 0. The van der Waals surface area contributed by atoms with E-state index >= 15 is 0 Å². The van der Waals surface area contributed by atoms with Crippen LogP contribution in [-0.4, -0.2) is 28.7 Å². The highest BCUT2D eigenvalue weighted by molar-refractivity contribution is 6.19. The van der Waals surface area contributed by atoms with Crippen LogP contribution in [-0.2, 0) is 0 Å². The van der Waals surface area contributed by atoms with Gasteiger partial charge in [-0.2, -0.15) is 9.97 Å². The van der Waals surface area contributed by atoms with Crippen LogP contribution >= 0.6 is 0 Å². The molecule has 4 heterocycles. The molecule has 10 aromatic carbocycles. The molecule has 0 N–H and O–H groups in total. The van der Waals surface area contributed by atoms with Crippen molar-refractivity contribution in [3.8, 4) is 62.4 Å². The minimum atomic E-state index is 0.560. The summed E-state index contributed by atoms with van der Waals surface area (Å²) >= 11 is 0. The highest BCUT2D eigenvalue weighted by Crippen LogP contribution is 2.44. The first kappa shape index (κ1) is 38.8. The van der Waals surface area contributed by atoms with Gasteiger partial charge in [0.25, 0.3) is 0 Å². The quantitative estimate of drug-likeness (QED) is 0.160. The molecule has 0 aliphatic rings. The van der Waals surface area contributed by atoms with Gasteiger partial charge in [0.2, 0.25) is 5.95 Å². The predicted octanol–water partition coefficient (Wildman–Crippen LogP) is 15.8. The van der Waals surface area contributed by atoms with E-state index < -0.39 is 0 Å². The van der Waals surface area contributed by atoms with E-state index in [-0.39, 0.29) is 0 Å². The maximum absolute atomic E-state index is 5.28. The zero-order valence-corrected chi connectivity index (χ0v) is 37.3. The number of para-hydroxylation sites is 4. The van der Waals surface area contributed by atoms with Gasteiger partial charge in [-0.3, -0.25) is 4.57 Å². The van der Waals surface area contributed by atoms with Crippen molar-refractivity contribution in [2.75, 3.05) is 0 Å². The molecular weight excluding hydrogens is 841 g/mol. The Hall–Kier alpha value is -9.39. The second-order valence-corrected chi connectivity index (χ2v) is 17.6. The summed E-state index contributed by atoms with van der Waals surface area (Å²) in [5.74, 6) is 1.79. The van der Waals surface area contributed by atoms with E-state index in [2.05, 4.69) is 220 Å². The summed E-state index contributed by atoms with van der Waals surface area (Å²) in [4.78, 5) is 15.6. The molecule has 0 spiro atoms. The van der Waals surface area contributed by atoms with Gasteiger partial charge in [0, 0.05) is 54.8 Å². The monoisotopic (exact) mass is 880 g/mol. The summed E-state index contributed by atoms with van der Waals surface area (Å²) in [5.41, 5.74) is 15.4. The molecule has 69 heavy (non-hydrogen) atoms. The Kier molecular flexibility index (Phi) is 8.79. The third-order valence-corrected chi connectivity index (χ3v) is 13.7. The second kappa shape index (κ2) is 15.6. The second-order valence-electron chi connectivity index (χ2n) is 17.6. The van der Waals surface area contributed by atoms with Gasteiger partial charge in [-0.1, -0.05) is 170 Å². The number of hydrogen-bond acceptors (Lipinski definition) is 3.